The highest BCUT2D eigenvalue weighted by Gasteiger charge is 2.20. The second-order valence-corrected chi connectivity index (χ2v) is 6.90. The fourth-order valence-electron chi connectivity index (χ4n) is 3.51. The molecule has 23 heavy (non-hydrogen) atoms. The monoisotopic (exact) mass is 316 g/mol. The lowest BCUT2D eigenvalue weighted by molar-refractivity contribution is 0.0926. The van der Waals surface area contributed by atoms with Gasteiger partial charge in [0, 0.05) is 32.2 Å². The summed E-state index contributed by atoms with van der Waals surface area (Å²) >= 11 is 0. The topological polar surface area (TPSA) is 48.5 Å². The minimum atomic E-state index is 0.0341. The van der Waals surface area contributed by atoms with Crippen LogP contribution in [0.3, 0.4) is 0 Å². The third-order valence-electron chi connectivity index (χ3n) is 5.08. The number of likely N-dealkylation sites (N-methyl/N-ethyl adjacent to an activating group) is 1. The molecule has 2 fully saturated rings. The Morgan fingerprint density at radius 2 is 1.83 bits per heavy atom. The molecule has 0 radical (unpaired) electrons. The number of carbonyl (C=O) groups is 1. The average Bonchev–Trinajstić information content (AvgIpc) is 2.56. The molecular formula is C18H28N4O. The van der Waals surface area contributed by atoms with Gasteiger partial charge in [-0.15, -0.1) is 0 Å². The highest BCUT2D eigenvalue weighted by Crippen LogP contribution is 2.20. The van der Waals surface area contributed by atoms with Crippen molar-refractivity contribution >= 4 is 11.7 Å². The highest BCUT2D eigenvalue weighted by molar-refractivity contribution is 5.95. The molecule has 5 heteroatoms. The van der Waals surface area contributed by atoms with Crippen molar-refractivity contribution in [1.82, 2.24) is 15.2 Å². The van der Waals surface area contributed by atoms with Gasteiger partial charge in [0.15, 0.2) is 0 Å². The van der Waals surface area contributed by atoms with Crippen LogP contribution in [0.4, 0.5) is 5.82 Å². The molecule has 1 aromatic heterocycles. The fourth-order valence-corrected chi connectivity index (χ4v) is 3.51. The first-order chi connectivity index (χ1) is 11.1. The molecule has 1 aliphatic carbocycles. The summed E-state index contributed by atoms with van der Waals surface area (Å²) in [6, 6.07) is 4.27. The van der Waals surface area contributed by atoms with E-state index in [1.807, 2.05) is 19.1 Å². The maximum absolute atomic E-state index is 12.5. The Morgan fingerprint density at radius 1 is 1.13 bits per heavy atom. The average molecular weight is 316 g/mol. The predicted octanol–water partition coefficient (Wildman–Crippen LogP) is 2.20. The van der Waals surface area contributed by atoms with E-state index in [4.69, 9.17) is 0 Å². The molecule has 0 aromatic carbocycles. The summed E-state index contributed by atoms with van der Waals surface area (Å²) < 4.78 is 0. The molecule has 1 aromatic rings. The standard InChI is InChI=1S/C18H28N4O/c1-14-16(18(23)20-15-6-4-3-5-7-15)8-9-17(19-14)22-12-10-21(2)11-13-22/h8-9,15H,3-7,10-13H2,1-2H3,(H,20,23). The normalized spacial score (nSPS) is 20.5. The third kappa shape index (κ3) is 4.02. The first kappa shape index (κ1) is 16.2. The van der Waals surface area contributed by atoms with Gasteiger partial charge in [-0.05, 0) is 38.9 Å². The lowest BCUT2D eigenvalue weighted by atomic mass is 9.95. The van der Waals surface area contributed by atoms with Crippen LogP contribution in [0.2, 0.25) is 0 Å². The van der Waals surface area contributed by atoms with Gasteiger partial charge < -0.3 is 15.1 Å². The number of nitrogens with one attached hydrogen (secondary N) is 1. The van der Waals surface area contributed by atoms with Crippen molar-refractivity contribution in [2.45, 2.75) is 45.1 Å². The third-order valence-corrected chi connectivity index (χ3v) is 5.08. The molecule has 1 saturated carbocycles. The van der Waals surface area contributed by atoms with Crippen molar-refractivity contribution in [2.75, 3.05) is 38.1 Å². The minimum absolute atomic E-state index is 0.0341. The highest BCUT2D eigenvalue weighted by atomic mass is 16.1. The summed E-state index contributed by atoms with van der Waals surface area (Å²) in [5.41, 5.74) is 1.54. The molecule has 126 valence electrons. The van der Waals surface area contributed by atoms with Crippen LogP contribution in [0.25, 0.3) is 0 Å². The van der Waals surface area contributed by atoms with E-state index in [1.54, 1.807) is 0 Å². The molecular weight excluding hydrogens is 288 g/mol. The molecule has 0 bridgehead atoms. The minimum Gasteiger partial charge on any atom is -0.354 e. The van der Waals surface area contributed by atoms with Gasteiger partial charge >= 0.3 is 0 Å². The number of carbonyl (C=O) groups excluding carboxylic acids is 1. The van der Waals surface area contributed by atoms with Crippen molar-refractivity contribution in [1.29, 1.82) is 0 Å². The number of hydrogen-bond donors (Lipinski definition) is 1. The number of nitrogens with zero attached hydrogens (tertiary/aromatic N) is 3. The van der Waals surface area contributed by atoms with Gasteiger partial charge in [-0.25, -0.2) is 4.98 Å². The van der Waals surface area contributed by atoms with Gasteiger partial charge in [-0.1, -0.05) is 19.3 Å². The van der Waals surface area contributed by atoms with Crippen LogP contribution in [0.15, 0.2) is 12.1 Å². The van der Waals surface area contributed by atoms with Gasteiger partial charge in [0.05, 0.1) is 11.3 Å². The molecule has 2 aliphatic rings. The second kappa shape index (κ2) is 7.30. The van der Waals surface area contributed by atoms with E-state index in [0.717, 1.165) is 50.5 Å². The maximum atomic E-state index is 12.5. The van der Waals surface area contributed by atoms with Gasteiger partial charge in [0.2, 0.25) is 0 Å². The fraction of sp³-hybridized carbons (Fsp3) is 0.667. The lowest BCUT2D eigenvalue weighted by Gasteiger charge is -2.33. The van der Waals surface area contributed by atoms with Gasteiger partial charge in [-0.2, -0.15) is 0 Å². The Kier molecular flexibility index (Phi) is 5.16. The van der Waals surface area contributed by atoms with Crippen molar-refractivity contribution in [2.24, 2.45) is 0 Å². The molecule has 3 rings (SSSR count). The van der Waals surface area contributed by atoms with E-state index in [1.165, 1.54) is 19.3 Å². The summed E-state index contributed by atoms with van der Waals surface area (Å²) in [6.45, 7) is 6.05. The van der Waals surface area contributed by atoms with E-state index < -0.39 is 0 Å². The number of anilines is 1. The summed E-state index contributed by atoms with van der Waals surface area (Å²) in [4.78, 5) is 21.8. The maximum Gasteiger partial charge on any atom is 0.253 e. The molecule has 0 unspecified atom stereocenters. The van der Waals surface area contributed by atoms with Crippen LogP contribution in [0.1, 0.15) is 48.2 Å². The number of amides is 1. The Morgan fingerprint density at radius 3 is 2.48 bits per heavy atom. The first-order valence-corrected chi connectivity index (χ1v) is 8.85. The molecule has 0 atom stereocenters. The van der Waals surface area contributed by atoms with Crippen molar-refractivity contribution in [3.63, 3.8) is 0 Å². The van der Waals surface area contributed by atoms with Crippen molar-refractivity contribution in [3.8, 4) is 0 Å². The summed E-state index contributed by atoms with van der Waals surface area (Å²) in [7, 11) is 2.15. The number of pyridine rings is 1. The summed E-state index contributed by atoms with van der Waals surface area (Å²) in [5, 5.41) is 3.18. The molecule has 1 saturated heterocycles. The number of aromatic nitrogens is 1. The second-order valence-electron chi connectivity index (χ2n) is 6.90. The Labute approximate surface area is 139 Å². The predicted molar refractivity (Wildman–Crippen MR) is 93.0 cm³/mol. The Bertz CT molecular complexity index is 546. The number of aryl methyl sites for hydroxylation is 1. The van der Waals surface area contributed by atoms with Crippen LogP contribution in [0.5, 0.6) is 0 Å². The number of rotatable bonds is 3. The van der Waals surface area contributed by atoms with E-state index in [-0.39, 0.29) is 5.91 Å². The van der Waals surface area contributed by atoms with Gasteiger partial charge in [-0.3, -0.25) is 4.79 Å². The van der Waals surface area contributed by atoms with E-state index in [9.17, 15) is 4.79 Å². The van der Waals surface area contributed by atoms with E-state index in [2.05, 4.69) is 27.1 Å². The Balaban J connectivity index is 1.65. The van der Waals surface area contributed by atoms with Crippen LogP contribution in [-0.2, 0) is 0 Å². The summed E-state index contributed by atoms with van der Waals surface area (Å²) in [6.07, 6.45) is 5.97. The SMILES string of the molecule is Cc1nc(N2CCN(C)CC2)ccc1C(=O)NC1CCCCC1. The van der Waals surface area contributed by atoms with E-state index in [0.29, 0.717) is 11.6 Å². The van der Waals surface area contributed by atoms with Crippen LogP contribution >= 0.6 is 0 Å². The smallest absolute Gasteiger partial charge is 0.253 e. The molecule has 1 aliphatic heterocycles. The molecule has 5 nitrogen and oxygen atoms in total. The van der Waals surface area contributed by atoms with Crippen LogP contribution in [0, 0.1) is 6.92 Å². The lowest BCUT2D eigenvalue weighted by Crippen LogP contribution is -2.45. The van der Waals surface area contributed by atoms with E-state index >= 15 is 0 Å². The summed E-state index contributed by atoms with van der Waals surface area (Å²) in [5.74, 6) is 1.02. The molecule has 1 amide bonds. The van der Waals surface area contributed by atoms with Crippen LogP contribution in [-0.4, -0.2) is 55.1 Å². The zero-order valence-corrected chi connectivity index (χ0v) is 14.3. The quantitative estimate of drug-likeness (QED) is 0.929. The number of piperazine rings is 1. The first-order valence-electron chi connectivity index (χ1n) is 8.85. The number of hydrogen-bond acceptors (Lipinski definition) is 4. The zero-order chi connectivity index (χ0) is 16.2. The Hall–Kier alpha value is -1.62. The largest absolute Gasteiger partial charge is 0.354 e. The zero-order valence-electron chi connectivity index (χ0n) is 14.3. The van der Waals surface area contributed by atoms with Crippen molar-refractivity contribution < 1.29 is 4.79 Å². The van der Waals surface area contributed by atoms with Crippen molar-refractivity contribution in [3.05, 3.63) is 23.4 Å². The molecule has 0 spiro atoms. The molecule has 1 N–H and O–H groups in total. The van der Waals surface area contributed by atoms with Gasteiger partial charge in [0.1, 0.15) is 5.82 Å². The molecule has 2 heterocycles. The van der Waals surface area contributed by atoms with Gasteiger partial charge in [0.25, 0.3) is 5.91 Å². The van der Waals surface area contributed by atoms with Crippen LogP contribution < -0.4 is 10.2 Å².